The quantitative estimate of drug-likeness (QED) is 0.200. The van der Waals surface area contributed by atoms with Crippen molar-refractivity contribution in [2.75, 3.05) is 18.4 Å². The van der Waals surface area contributed by atoms with Crippen LogP contribution in [0.5, 0.6) is 0 Å². The Balaban J connectivity index is 3.97. The highest BCUT2D eigenvalue weighted by atomic mass is 79.9. The Morgan fingerprint density at radius 3 is 1.65 bits per heavy atom. The predicted molar refractivity (Wildman–Crippen MR) is 106 cm³/mol. The molecule has 3 heteroatoms. The minimum absolute atomic E-state index is 0.384. The fraction of sp³-hybridized carbons (Fsp3) is 0.950. The molecule has 2 nitrogen and oxygen atoms in total. The Bertz CT molecular complexity index is 258. The molecular formula is C20H40BrNO. The Morgan fingerprint density at radius 1 is 0.696 bits per heavy atom. The molecule has 0 aliphatic rings. The SMILES string of the molecule is CCCCCCCCN(CCCCCCC)C(=O)CCCCBr. The van der Waals surface area contributed by atoms with Gasteiger partial charge in [-0.15, -0.1) is 0 Å². The molecule has 0 saturated carbocycles. The van der Waals surface area contributed by atoms with Gasteiger partial charge in [0.2, 0.25) is 5.91 Å². The van der Waals surface area contributed by atoms with Gasteiger partial charge in [0.25, 0.3) is 0 Å². The van der Waals surface area contributed by atoms with Crippen LogP contribution in [0, 0.1) is 0 Å². The molecule has 0 radical (unpaired) electrons. The molecule has 0 saturated heterocycles. The van der Waals surface area contributed by atoms with Crippen molar-refractivity contribution in [3.8, 4) is 0 Å². The average Bonchev–Trinajstić information content (AvgIpc) is 2.56. The maximum absolute atomic E-state index is 12.4. The second-order valence-corrected chi connectivity index (χ2v) is 7.50. The van der Waals surface area contributed by atoms with Crippen LogP contribution in [-0.2, 0) is 4.79 Å². The molecule has 0 fully saturated rings. The fourth-order valence-electron chi connectivity index (χ4n) is 2.88. The van der Waals surface area contributed by atoms with E-state index in [0.29, 0.717) is 5.91 Å². The molecule has 0 unspecified atom stereocenters. The van der Waals surface area contributed by atoms with Crippen LogP contribution >= 0.6 is 15.9 Å². The van der Waals surface area contributed by atoms with Gasteiger partial charge < -0.3 is 4.90 Å². The zero-order valence-corrected chi connectivity index (χ0v) is 17.3. The van der Waals surface area contributed by atoms with E-state index in [1.165, 1.54) is 70.6 Å². The molecule has 1 amide bonds. The lowest BCUT2D eigenvalue weighted by Gasteiger charge is -2.23. The second-order valence-electron chi connectivity index (χ2n) is 6.71. The first-order valence-electron chi connectivity index (χ1n) is 10.1. The van der Waals surface area contributed by atoms with Gasteiger partial charge in [0.1, 0.15) is 0 Å². The van der Waals surface area contributed by atoms with Crippen molar-refractivity contribution in [2.45, 2.75) is 104 Å². The molecule has 0 atom stereocenters. The van der Waals surface area contributed by atoms with Crippen molar-refractivity contribution in [1.29, 1.82) is 0 Å². The average molecular weight is 390 g/mol. The molecule has 23 heavy (non-hydrogen) atoms. The van der Waals surface area contributed by atoms with Gasteiger partial charge in [-0.25, -0.2) is 0 Å². The molecule has 0 aromatic rings. The largest absolute Gasteiger partial charge is 0.343 e. The van der Waals surface area contributed by atoms with E-state index in [9.17, 15) is 4.79 Å². The lowest BCUT2D eigenvalue weighted by Crippen LogP contribution is -2.32. The van der Waals surface area contributed by atoms with Gasteiger partial charge in [0.05, 0.1) is 0 Å². The summed E-state index contributed by atoms with van der Waals surface area (Å²) in [4.78, 5) is 14.6. The highest BCUT2D eigenvalue weighted by Gasteiger charge is 2.12. The van der Waals surface area contributed by atoms with Crippen molar-refractivity contribution in [2.24, 2.45) is 0 Å². The number of alkyl halides is 1. The number of unbranched alkanes of at least 4 members (excludes halogenated alkanes) is 10. The maximum Gasteiger partial charge on any atom is 0.222 e. The molecule has 138 valence electrons. The van der Waals surface area contributed by atoms with Gasteiger partial charge in [0, 0.05) is 24.8 Å². The highest BCUT2D eigenvalue weighted by Crippen LogP contribution is 2.10. The molecule has 0 aromatic heterocycles. The normalized spacial score (nSPS) is 10.9. The van der Waals surface area contributed by atoms with Crippen molar-refractivity contribution in [3.05, 3.63) is 0 Å². The van der Waals surface area contributed by atoms with E-state index in [1.54, 1.807) is 0 Å². The van der Waals surface area contributed by atoms with E-state index in [0.717, 1.165) is 37.7 Å². The first-order valence-corrected chi connectivity index (χ1v) is 11.2. The minimum atomic E-state index is 0.384. The Labute approximate surface area is 153 Å². The minimum Gasteiger partial charge on any atom is -0.343 e. The van der Waals surface area contributed by atoms with E-state index in [4.69, 9.17) is 0 Å². The summed E-state index contributed by atoms with van der Waals surface area (Å²) in [6.45, 7) is 6.46. The molecule has 0 N–H and O–H groups in total. The van der Waals surface area contributed by atoms with Gasteiger partial charge in [-0.05, 0) is 25.7 Å². The lowest BCUT2D eigenvalue weighted by atomic mass is 10.1. The standard InChI is InChI=1S/C20H40BrNO/c1-3-5-7-9-11-15-19-22(18-14-10-8-6-4-2)20(23)16-12-13-17-21/h3-19H2,1-2H3. The Morgan fingerprint density at radius 2 is 1.17 bits per heavy atom. The third-order valence-electron chi connectivity index (χ3n) is 4.44. The molecule has 0 aliphatic heterocycles. The van der Waals surface area contributed by atoms with Crippen LogP contribution in [0.3, 0.4) is 0 Å². The van der Waals surface area contributed by atoms with Gasteiger partial charge in [-0.1, -0.05) is 87.6 Å². The van der Waals surface area contributed by atoms with Crippen molar-refractivity contribution < 1.29 is 4.79 Å². The maximum atomic E-state index is 12.4. The van der Waals surface area contributed by atoms with E-state index in [2.05, 4.69) is 34.7 Å². The number of hydrogen-bond acceptors (Lipinski definition) is 1. The number of carbonyl (C=O) groups excluding carboxylic acids is 1. The highest BCUT2D eigenvalue weighted by molar-refractivity contribution is 9.09. The molecular weight excluding hydrogens is 350 g/mol. The molecule has 0 bridgehead atoms. The summed E-state index contributed by atoms with van der Waals surface area (Å²) >= 11 is 3.45. The molecule has 0 rings (SSSR count). The van der Waals surface area contributed by atoms with E-state index >= 15 is 0 Å². The van der Waals surface area contributed by atoms with Crippen LogP contribution in [-0.4, -0.2) is 29.2 Å². The summed E-state index contributed by atoms with van der Waals surface area (Å²) in [5.74, 6) is 0.384. The third kappa shape index (κ3) is 15.2. The summed E-state index contributed by atoms with van der Waals surface area (Å²) in [6, 6.07) is 0. The summed E-state index contributed by atoms with van der Waals surface area (Å²) in [7, 11) is 0. The number of halogens is 1. The van der Waals surface area contributed by atoms with E-state index in [-0.39, 0.29) is 0 Å². The van der Waals surface area contributed by atoms with Gasteiger partial charge in [-0.2, -0.15) is 0 Å². The molecule has 0 heterocycles. The third-order valence-corrected chi connectivity index (χ3v) is 5.00. The first kappa shape index (κ1) is 22.9. The van der Waals surface area contributed by atoms with Crippen LogP contribution in [0.2, 0.25) is 0 Å². The summed E-state index contributed by atoms with van der Waals surface area (Å²) in [5.41, 5.74) is 0. The molecule has 0 aromatic carbocycles. The van der Waals surface area contributed by atoms with Crippen molar-refractivity contribution >= 4 is 21.8 Å². The molecule has 0 aliphatic carbocycles. The van der Waals surface area contributed by atoms with Crippen LogP contribution < -0.4 is 0 Å². The monoisotopic (exact) mass is 389 g/mol. The van der Waals surface area contributed by atoms with Gasteiger partial charge >= 0.3 is 0 Å². The van der Waals surface area contributed by atoms with Crippen LogP contribution in [0.1, 0.15) is 104 Å². The van der Waals surface area contributed by atoms with Gasteiger partial charge in [-0.3, -0.25) is 4.79 Å². The summed E-state index contributed by atoms with van der Waals surface area (Å²) in [5, 5.41) is 1.01. The fourth-order valence-corrected chi connectivity index (χ4v) is 3.28. The number of rotatable bonds is 17. The number of hydrogen-bond donors (Lipinski definition) is 0. The Kier molecular flexibility index (Phi) is 18.3. The number of carbonyl (C=O) groups is 1. The zero-order chi connectivity index (χ0) is 17.2. The smallest absolute Gasteiger partial charge is 0.222 e. The van der Waals surface area contributed by atoms with E-state index in [1.807, 2.05) is 0 Å². The number of amides is 1. The van der Waals surface area contributed by atoms with Crippen molar-refractivity contribution in [1.82, 2.24) is 4.90 Å². The van der Waals surface area contributed by atoms with Gasteiger partial charge in [0.15, 0.2) is 0 Å². The Hall–Kier alpha value is -0.0500. The van der Waals surface area contributed by atoms with Crippen LogP contribution in [0.4, 0.5) is 0 Å². The summed E-state index contributed by atoms with van der Waals surface area (Å²) in [6.07, 6.45) is 17.0. The zero-order valence-electron chi connectivity index (χ0n) is 15.8. The van der Waals surface area contributed by atoms with Crippen LogP contribution in [0.25, 0.3) is 0 Å². The van der Waals surface area contributed by atoms with E-state index < -0.39 is 0 Å². The lowest BCUT2D eigenvalue weighted by molar-refractivity contribution is -0.131. The first-order chi connectivity index (χ1) is 11.3. The summed E-state index contributed by atoms with van der Waals surface area (Å²) < 4.78 is 0. The predicted octanol–water partition coefficient (Wildman–Crippen LogP) is 6.71. The molecule has 0 spiro atoms. The second kappa shape index (κ2) is 18.3. The van der Waals surface area contributed by atoms with Crippen molar-refractivity contribution in [3.63, 3.8) is 0 Å². The topological polar surface area (TPSA) is 20.3 Å². The van der Waals surface area contributed by atoms with Crippen LogP contribution in [0.15, 0.2) is 0 Å². The number of nitrogens with zero attached hydrogens (tertiary/aromatic N) is 1.